The first kappa shape index (κ1) is 17.9. The van der Waals surface area contributed by atoms with Gasteiger partial charge in [0.15, 0.2) is 0 Å². The summed E-state index contributed by atoms with van der Waals surface area (Å²) in [6.45, 7) is 3.81. The second kappa shape index (κ2) is 9.00. The highest BCUT2D eigenvalue weighted by Crippen LogP contribution is 2.06. The maximum Gasteiger partial charge on any atom is 0.249 e. The Bertz CT molecular complexity index is 512. The van der Waals surface area contributed by atoms with Crippen LogP contribution in [0.25, 0.3) is 6.08 Å². The Kier molecular flexibility index (Phi) is 7.32. The van der Waals surface area contributed by atoms with Gasteiger partial charge in [0.25, 0.3) is 0 Å². The van der Waals surface area contributed by atoms with Crippen LogP contribution in [0.15, 0.2) is 36.4 Å². The number of hydrogen-bond donors (Lipinski definition) is 3. The zero-order valence-electron chi connectivity index (χ0n) is 13.0. The van der Waals surface area contributed by atoms with Crippen LogP contribution in [-0.4, -0.2) is 29.1 Å². The van der Waals surface area contributed by atoms with Crippen molar-refractivity contribution in [3.63, 3.8) is 0 Å². The third-order valence-corrected chi connectivity index (χ3v) is 3.14. The van der Waals surface area contributed by atoms with E-state index in [9.17, 15) is 14.7 Å². The summed E-state index contributed by atoms with van der Waals surface area (Å²) < 4.78 is 0. The van der Waals surface area contributed by atoms with Gasteiger partial charge in [-0.2, -0.15) is 0 Å². The van der Waals surface area contributed by atoms with Crippen LogP contribution in [0.5, 0.6) is 0 Å². The molecule has 0 saturated heterocycles. The Morgan fingerprint density at radius 3 is 2.45 bits per heavy atom. The molecule has 0 aliphatic carbocycles. The molecule has 2 atom stereocenters. The molecule has 0 aliphatic rings. The van der Waals surface area contributed by atoms with E-state index in [1.165, 1.54) is 0 Å². The first-order valence-corrected chi connectivity index (χ1v) is 7.39. The number of rotatable bonds is 8. The van der Waals surface area contributed by atoms with Crippen molar-refractivity contribution in [2.75, 3.05) is 0 Å². The Balaban J connectivity index is 2.57. The minimum atomic E-state index is -1.13. The number of primary amides is 1. The monoisotopic (exact) mass is 304 g/mol. The van der Waals surface area contributed by atoms with Crippen LogP contribution >= 0.6 is 0 Å². The predicted molar refractivity (Wildman–Crippen MR) is 86.7 cm³/mol. The van der Waals surface area contributed by atoms with Crippen LogP contribution in [-0.2, 0) is 9.59 Å². The summed E-state index contributed by atoms with van der Waals surface area (Å²) in [5.41, 5.74) is 6.29. The lowest BCUT2D eigenvalue weighted by atomic mass is 10.0. The van der Waals surface area contributed by atoms with Gasteiger partial charge in [0.2, 0.25) is 11.8 Å². The van der Waals surface area contributed by atoms with E-state index < -0.39 is 24.0 Å². The van der Waals surface area contributed by atoms with Gasteiger partial charge in [-0.05, 0) is 24.3 Å². The number of carbonyl (C=O) groups excluding carboxylic acids is 2. The van der Waals surface area contributed by atoms with Crippen LogP contribution in [0.1, 0.15) is 32.3 Å². The first-order chi connectivity index (χ1) is 10.4. The van der Waals surface area contributed by atoms with Crippen LogP contribution in [0.4, 0.5) is 0 Å². The number of aliphatic hydroxyl groups excluding tert-OH is 1. The molecule has 4 N–H and O–H groups in total. The minimum Gasteiger partial charge on any atom is -0.383 e. The van der Waals surface area contributed by atoms with Crippen LogP contribution < -0.4 is 11.1 Å². The summed E-state index contributed by atoms with van der Waals surface area (Å²) in [6, 6.07) is 8.78. The second-order valence-electron chi connectivity index (χ2n) is 5.66. The number of amides is 2. The molecule has 120 valence electrons. The van der Waals surface area contributed by atoms with Gasteiger partial charge in [-0.3, -0.25) is 9.59 Å². The van der Waals surface area contributed by atoms with E-state index in [-0.39, 0.29) is 12.3 Å². The van der Waals surface area contributed by atoms with Crippen molar-refractivity contribution in [2.45, 2.75) is 38.8 Å². The predicted octanol–water partition coefficient (Wildman–Crippen LogP) is 1.47. The number of hydrogen-bond acceptors (Lipinski definition) is 3. The Hall–Kier alpha value is -2.14. The fraction of sp³-hybridized carbons (Fsp3) is 0.412. The number of benzene rings is 1. The fourth-order valence-corrected chi connectivity index (χ4v) is 1.97. The molecule has 5 heteroatoms. The highest BCUT2D eigenvalue weighted by atomic mass is 16.3. The average Bonchev–Trinajstić information content (AvgIpc) is 2.46. The number of aliphatic hydroxyl groups is 1. The molecule has 0 heterocycles. The zero-order valence-corrected chi connectivity index (χ0v) is 13.0. The third kappa shape index (κ3) is 6.54. The normalized spacial score (nSPS) is 14.0. The lowest BCUT2D eigenvalue weighted by Crippen LogP contribution is -2.48. The van der Waals surface area contributed by atoms with Crippen molar-refractivity contribution in [1.82, 2.24) is 5.32 Å². The van der Waals surface area contributed by atoms with Gasteiger partial charge in [-0.1, -0.05) is 56.3 Å². The summed E-state index contributed by atoms with van der Waals surface area (Å²) in [4.78, 5) is 23.2. The first-order valence-electron chi connectivity index (χ1n) is 7.39. The molecule has 0 aliphatic heterocycles. The largest absolute Gasteiger partial charge is 0.383 e. The van der Waals surface area contributed by atoms with Crippen LogP contribution in [0.3, 0.4) is 0 Å². The van der Waals surface area contributed by atoms with Gasteiger partial charge < -0.3 is 16.2 Å². The van der Waals surface area contributed by atoms with Crippen molar-refractivity contribution in [1.29, 1.82) is 0 Å². The van der Waals surface area contributed by atoms with E-state index in [1.54, 1.807) is 6.08 Å². The van der Waals surface area contributed by atoms with Gasteiger partial charge in [0.05, 0.1) is 0 Å². The molecule has 0 aromatic heterocycles. The minimum absolute atomic E-state index is 0.186. The fourth-order valence-electron chi connectivity index (χ4n) is 1.97. The van der Waals surface area contributed by atoms with E-state index in [4.69, 9.17) is 5.73 Å². The molecule has 0 bridgehead atoms. The second-order valence-corrected chi connectivity index (χ2v) is 5.66. The van der Waals surface area contributed by atoms with Gasteiger partial charge in [0, 0.05) is 0 Å². The highest BCUT2D eigenvalue weighted by molar-refractivity contribution is 5.88. The van der Waals surface area contributed by atoms with E-state index in [0.29, 0.717) is 6.42 Å². The van der Waals surface area contributed by atoms with Crippen molar-refractivity contribution in [3.05, 3.63) is 42.0 Å². The van der Waals surface area contributed by atoms with Crippen LogP contribution in [0.2, 0.25) is 0 Å². The standard InChI is InChI=1S/C17H24N2O3/c1-12(2)11-15(20)17(22)19-14(16(18)21)10-6-9-13-7-4-3-5-8-13/h3-9,12,14-15,20H,10-11H2,1-2H3,(H2,18,21)(H,19,22)/b9-6+/t14-,15+/m0/s1. The van der Waals surface area contributed by atoms with E-state index in [1.807, 2.05) is 50.3 Å². The Labute approximate surface area is 131 Å². The maximum absolute atomic E-state index is 11.8. The molecule has 5 nitrogen and oxygen atoms in total. The van der Waals surface area contributed by atoms with Crippen molar-refractivity contribution in [3.8, 4) is 0 Å². The highest BCUT2D eigenvalue weighted by Gasteiger charge is 2.22. The Morgan fingerprint density at radius 1 is 1.27 bits per heavy atom. The quantitative estimate of drug-likeness (QED) is 0.679. The third-order valence-electron chi connectivity index (χ3n) is 3.14. The van der Waals surface area contributed by atoms with Crippen molar-refractivity contribution >= 4 is 17.9 Å². The molecule has 0 radical (unpaired) electrons. The maximum atomic E-state index is 11.8. The van der Waals surface area contributed by atoms with Crippen molar-refractivity contribution < 1.29 is 14.7 Å². The lowest BCUT2D eigenvalue weighted by molar-refractivity contribution is -0.133. The smallest absolute Gasteiger partial charge is 0.249 e. The van der Waals surface area contributed by atoms with Crippen molar-refractivity contribution in [2.24, 2.45) is 11.7 Å². The average molecular weight is 304 g/mol. The summed E-state index contributed by atoms with van der Waals surface area (Å²) in [6.07, 6.45) is 3.13. The van der Waals surface area contributed by atoms with E-state index in [2.05, 4.69) is 5.32 Å². The molecule has 0 spiro atoms. The summed E-state index contributed by atoms with van der Waals surface area (Å²) >= 11 is 0. The van der Waals surface area contributed by atoms with E-state index in [0.717, 1.165) is 5.56 Å². The molecule has 2 amide bonds. The van der Waals surface area contributed by atoms with Crippen LogP contribution in [0, 0.1) is 5.92 Å². The van der Waals surface area contributed by atoms with Gasteiger partial charge in [-0.25, -0.2) is 0 Å². The number of nitrogens with two attached hydrogens (primary N) is 1. The number of nitrogens with one attached hydrogen (secondary N) is 1. The number of carbonyl (C=O) groups is 2. The SMILES string of the molecule is CC(C)C[C@@H](O)C(=O)N[C@@H](C/C=C/c1ccccc1)C(N)=O. The molecule has 0 fully saturated rings. The molecule has 0 unspecified atom stereocenters. The Morgan fingerprint density at radius 2 is 1.91 bits per heavy atom. The molecule has 22 heavy (non-hydrogen) atoms. The van der Waals surface area contributed by atoms with Gasteiger partial charge in [-0.15, -0.1) is 0 Å². The lowest BCUT2D eigenvalue weighted by Gasteiger charge is -2.17. The topological polar surface area (TPSA) is 92.4 Å². The summed E-state index contributed by atoms with van der Waals surface area (Å²) in [7, 11) is 0. The molecule has 0 saturated carbocycles. The molecule has 1 rings (SSSR count). The van der Waals surface area contributed by atoms with Gasteiger partial charge in [0.1, 0.15) is 12.1 Å². The molecule has 1 aromatic carbocycles. The van der Waals surface area contributed by atoms with Gasteiger partial charge >= 0.3 is 0 Å². The summed E-state index contributed by atoms with van der Waals surface area (Å²) in [5.74, 6) is -1.00. The molecular weight excluding hydrogens is 280 g/mol. The summed E-state index contributed by atoms with van der Waals surface area (Å²) in [5, 5.41) is 12.2. The molecule has 1 aromatic rings. The molecular formula is C17H24N2O3. The van der Waals surface area contributed by atoms with E-state index >= 15 is 0 Å². The zero-order chi connectivity index (χ0) is 16.5.